The molecule has 0 aliphatic rings. The van der Waals surface area contributed by atoms with Crippen LogP contribution in [0.3, 0.4) is 0 Å². The fraction of sp³-hybridized carbons (Fsp3) is 0.333. The fourth-order valence-corrected chi connectivity index (χ4v) is 5.51. The third-order valence-electron chi connectivity index (χ3n) is 6.03. The Labute approximate surface area is 234 Å². The second-order valence-corrected chi connectivity index (χ2v) is 10.9. The van der Waals surface area contributed by atoms with Crippen molar-refractivity contribution in [1.29, 1.82) is 0 Å². The van der Waals surface area contributed by atoms with Crippen molar-refractivity contribution in [3.8, 4) is 0 Å². The zero-order chi connectivity index (χ0) is 26.6. The lowest BCUT2D eigenvalue weighted by molar-refractivity contribution is -0.139. The number of nitrogens with one attached hydrogen (secondary N) is 1. The number of benzene rings is 3. The van der Waals surface area contributed by atoms with Gasteiger partial charge in [0.25, 0.3) is 0 Å². The van der Waals surface area contributed by atoms with Crippen molar-refractivity contribution >= 4 is 46.8 Å². The first kappa shape index (κ1) is 29.1. The van der Waals surface area contributed by atoms with Crippen molar-refractivity contribution in [1.82, 2.24) is 10.2 Å². The standard InChI is InChI=1S/C30H34Cl2N2O2S/c1-3-4-15-33-30(36)28(17-23-10-6-5-7-11-23)34(19-24-12-8-9-22(2)16-24)29(35)21-37-20-25-13-14-26(31)18-27(25)32/h5-14,16,18,28H,3-4,15,17,19-21H2,1-2H3,(H,33,36)/t28-/m0/s1. The first-order chi connectivity index (χ1) is 17.9. The summed E-state index contributed by atoms with van der Waals surface area (Å²) in [5.41, 5.74) is 4.05. The molecule has 196 valence electrons. The number of thioether (sulfide) groups is 1. The van der Waals surface area contributed by atoms with Gasteiger partial charge in [0, 0.05) is 35.3 Å². The lowest BCUT2D eigenvalue weighted by Gasteiger charge is -2.31. The Kier molecular flexibility index (Phi) is 11.8. The summed E-state index contributed by atoms with van der Waals surface area (Å²) in [6.45, 7) is 5.07. The molecule has 0 saturated carbocycles. The molecule has 3 aromatic carbocycles. The third-order valence-corrected chi connectivity index (χ3v) is 7.59. The van der Waals surface area contributed by atoms with Crippen LogP contribution in [0.15, 0.2) is 72.8 Å². The number of amides is 2. The smallest absolute Gasteiger partial charge is 0.243 e. The number of carbonyl (C=O) groups excluding carboxylic acids is 2. The highest BCUT2D eigenvalue weighted by molar-refractivity contribution is 7.99. The molecular weight excluding hydrogens is 523 g/mol. The molecule has 1 N–H and O–H groups in total. The predicted molar refractivity (Wildman–Crippen MR) is 156 cm³/mol. The number of carbonyl (C=O) groups is 2. The molecule has 0 fully saturated rings. The van der Waals surface area contributed by atoms with E-state index in [9.17, 15) is 9.59 Å². The van der Waals surface area contributed by atoms with Gasteiger partial charge in [-0.15, -0.1) is 11.8 Å². The van der Waals surface area contributed by atoms with Gasteiger partial charge in [-0.05, 0) is 42.2 Å². The monoisotopic (exact) mass is 556 g/mol. The van der Waals surface area contributed by atoms with Crippen LogP contribution in [-0.2, 0) is 28.3 Å². The van der Waals surface area contributed by atoms with Gasteiger partial charge >= 0.3 is 0 Å². The van der Waals surface area contributed by atoms with Crippen molar-refractivity contribution in [2.75, 3.05) is 12.3 Å². The summed E-state index contributed by atoms with van der Waals surface area (Å²) in [6, 6.07) is 22.7. The van der Waals surface area contributed by atoms with Crippen LogP contribution in [0.1, 0.15) is 42.0 Å². The van der Waals surface area contributed by atoms with Crippen LogP contribution in [0.5, 0.6) is 0 Å². The van der Waals surface area contributed by atoms with Crippen molar-refractivity contribution in [2.45, 2.75) is 51.4 Å². The van der Waals surface area contributed by atoms with Crippen LogP contribution in [0.25, 0.3) is 0 Å². The fourth-order valence-electron chi connectivity index (χ4n) is 4.04. The minimum Gasteiger partial charge on any atom is -0.354 e. The van der Waals surface area contributed by atoms with E-state index in [0.29, 0.717) is 35.3 Å². The van der Waals surface area contributed by atoms with E-state index < -0.39 is 6.04 Å². The van der Waals surface area contributed by atoms with Crippen LogP contribution in [0, 0.1) is 6.92 Å². The molecule has 1 atom stereocenters. The van der Waals surface area contributed by atoms with Crippen LogP contribution >= 0.6 is 35.0 Å². The van der Waals surface area contributed by atoms with Crippen LogP contribution in [0.4, 0.5) is 0 Å². The molecule has 4 nitrogen and oxygen atoms in total. The van der Waals surface area contributed by atoms with Crippen LogP contribution < -0.4 is 5.32 Å². The molecule has 0 radical (unpaired) electrons. The highest BCUT2D eigenvalue weighted by atomic mass is 35.5. The Morgan fingerprint density at radius 1 is 0.973 bits per heavy atom. The first-order valence-electron chi connectivity index (χ1n) is 12.6. The second-order valence-electron chi connectivity index (χ2n) is 9.09. The number of unbranched alkanes of at least 4 members (excludes halogenated alkanes) is 1. The summed E-state index contributed by atoms with van der Waals surface area (Å²) >= 11 is 13.8. The number of hydrogen-bond acceptors (Lipinski definition) is 3. The zero-order valence-electron chi connectivity index (χ0n) is 21.4. The van der Waals surface area contributed by atoms with E-state index in [1.165, 1.54) is 11.8 Å². The Bertz CT molecular complexity index is 1170. The summed E-state index contributed by atoms with van der Waals surface area (Å²) in [5, 5.41) is 4.23. The average molecular weight is 558 g/mol. The minimum absolute atomic E-state index is 0.0804. The topological polar surface area (TPSA) is 49.4 Å². The molecule has 7 heteroatoms. The summed E-state index contributed by atoms with van der Waals surface area (Å²) < 4.78 is 0. The molecule has 3 rings (SSSR count). The van der Waals surface area contributed by atoms with Gasteiger partial charge in [0.2, 0.25) is 11.8 Å². The van der Waals surface area contributed by atoms with Crippen molar-refractivity contribution in [2.24, 2.45) is 0 Å². The molecular formula is C30H34Cl2N2O2S. The maximum atomic E-state index is 13.7. The Hall–Kier alpha value is -2.47. The molecule has 0 aliphatic carbocycles. The van der Waals surface area contributed by atoms with E-state index in [4.69, 9.17) is 23.2 Å². The third kappa shape index (κ3) is 9.41. The summed E-state index contributed by atoms with van der Waals surface area (Å²) in [6.07, 6.45) is 2.33. The second kappa shape index (κ2) is 15.1. The molecule has 37 heavy (non-hydrogen) atoms. The number of rotatable bonds is 13. The molecule has 0 heterocycles. The molecule has 0 aromatic heterocycles. The SMILES string of the molecule is CCCCNC(=O)[C@H](Cc1ccccc1)N(Cc1cccc(C)c1)C(=O)CSCc1ccc(Cl)cc1Cl. The van der Waals surface area contributed by atoms with Gasteiger partial charge in [0.1, 0.15) is 6.04 Å². The van der Waals surface area contributed by atoms with Crippen LogP contribution in [0.2, 0.25) is 10.0 Å². The Morgan fingerprint density at radius 3 is 2.43 bits per heavy atom. The van der Waals surface area contributed by atoms with E-state index in [0.717, 1.165) is 35.1 Å². The average Bonchev–Trinajstić information content (AvgIpc) is 2.88. The largest absolute Gasteiger partial charge is 0.354 e. The molecule has 2 amide bonds. The number of halogens is 2. The number of aryl methyl sites for hydroxylation is 1. The lowest BCUT2D eigenvalue weighted by Crippen LogP contribution is -2.51. The van der Waals surface area contributed by atoms with Gasteiger partial charge < -0.3 is 10.2 Å². The number of hydrogen-bond donors (Lipinski definition) is 1. The molecule has 3 aromatic rings. The predicted octanol–water partition coefficient (Wildman–Crippen LogP) is 7.09. The van der Waals surface area contributed by atoms with Gasteiger partial charge in [-0.1, -0.05) is 103 Å². The van der Waals surface area contributed by atoms with E-state index in [-0.39, 0.29) is 17.6 Å². The van der Waals surface area contributed by atoms with Crippen molar-refractivity contribution in [3.63, 3.8) is 0 Å². The number of nitrogens with zero attached hydrogens (tertiary/aromatic N) is 1. The first-order valence-corrected chi connectivity index (χ1v) is 14.5. The van der Waals surface area contributed by atoms with E-state index in [1.807, 2.05) is 61.5 Å². The quantitative estimate of drug-likeness (QED) is 0.228. The highest BCUT2D eigenvalue weighted by Gasteiger charge is 2.30. The molecule has 0 aliphatic heterocycles. The van der Waals surface area contributed by atoms with Gasteiger partial charge in [0.15, 0.2) is 0 Å². The Balaban J connectivity index is 1.83. The molecule has 0 bridgehead atoms. The maximum Gasteiger partial charge on any atom is 0.243 e. The van der Waals surface area contributed by atoms with Crippen molar-refractivity contribution in [3.05, 3.63) is 105 Å². The van der Waals surface area contributed by atoms with Crippen LogP contribution in [-0.4, -0.2) is 35.1 Å². The lowest BCUT2D eigenvalue weighted by atomic mass is 10.0. The molecule has 0 saturated heterocycles. The van der Waals surface area contributed by atoms with E-state index in [1.54, 1.807) is 17.0 Å². The normalized spacial score (nSPS) is 11.7. The van der Waals surface area contributed by atoms with E-state index in [2.05, 4.69) is 18.3 Å². The van der Waals surface area contributed by atoms with Gasteiger partial charge in [0.05, 0.1) is 5.75 Å². The summed E-state index contributed by atoms with van der Waals surface area (Å²) in [5.74, 6) is 0.608. The summed E-state index contributed by atoms with van der Waals surface area (Å²) in [7, 11) is 0. The van der Waals surface area contributed by atoms with Crippen molar-refractivity contribution < 1.29 is 9.59 Å². The zero-order valence-corrected chi connectivity index (χ0v) is 23.7. The molecule has 0 spiro atoms. The minimum atomic E-state index is -0.619. The van der Waals surface area contributed by atoms with Gasteiger partial charge in [-0.3, -0.25) is 9.59 Å². The van der Waals surface area contributed by atoms with Gasteiger partial charge in [-0.25, -0.2) is 0 Å². The van der Waals surface area contributed by atoms with Gasteiger partial charge in [-0.2, -0.15) is 0 Å². The molecule has 0 unspecified atom stereocenters. The Morgan fingerprint density at radius 2 is 1.73 bits per heavy atom. The highest BCUT2D eigenvalue weighted by Crippen LogP contribution is 2.25. The summed E-state index contributed by atoms with van der Waals surface area (Å²) in [4.78, 5) is 28.9. The van der Waals surface area contributed by atoms with E-state index >= 15 is 0 Å². The maximum absolute atomic E-state index is 13.7.